The zero-order chi connectivity index (χ0) is 15.7. The molecule has 0 heterocycles. The predicted molar refractivity (Wildman–Crippen MR) is 84.2 cm³/mol. The van der Waals surface area contributed by atoms with Gasteiger partial charge in [-0.15, -0.1) is 0 Å². The Morgan fingerprint density at radius 2 is 1.81 bits per heavy atom. The molecule has 0 bridgehead atoms. The molecule has 1 atom stereocenters. The zero-order valence-corrected chi connectivity index (χ0v) is 13.5. The maximum atomic E-state index is 10.1. The van der Waals surface area contributed by atoms with E-state index in [1.54, 1.807) is 28.3 Å². The number of rotatable bonds is 10. The van der Waals surface area contributed by atoms with Crippen molar-refractivity contribution >= 4 is 5.69 Å². The van der Waals surface area contributed by atoms with Crippen molar-refractivity contribution in [2.45, 2.75) is 19.4 Å². The van der Waals surface area contributed by atoms with E-state index in [0.717, 1.165) is 30.8 Å². The molecular formula is C16H27NO4. The summed E-state index contributed by atoms with van der Waals surface area (Å²) in [6, 6.07) is 5.82. The number of benzene rings is 1. The van der Waals surface area contributed by atoms with Crippen LogP contribution in [0.3, 0.4) is 0 Å². The quantitative estimate of drug-likeness (QED) is 0.671. The highest BCUT2D eigenvalue weighted by Crippen LogP contribution is 2.34. The number of hydrogen-bond acceptors (Lipinski definition) is 5. The van der Waals surface area contributed by atoms with Crippen LogP contribution < -0.4 is 9.64 Å². The van der Waals surface area contributed by atoms with E-state index in [1.807, 2.05) is 18.2 Å². The molecule has 0 aromatic heterocycles. The van der Waals surface area contributed by atoms with Crippen LogP contribution in [0.4, 0.5) is 5.69 Å². The number of anilines is 1. The number of aliphatic hydroxyl groups excluding tert-OH is 1. The first-order chi connectivity index (χ1) is 10.2. The summed E-state index contributed by atoms with van der Waals surface area (Å²) >= 11 is 0. The second-order valence-electron chi connectivity index (χ2n) is 4.90. The Labute approximate surface area is 127 Å². The molecule has 0 aliphatic carbocycles. The SMILES string of the molecule is COCCCN(CCOC)c1cccc(OC)c1C(C)O. The van der Waals surface area contributed by atoms with Gasteiger partial charge >= 0.3 is 0 Å². The lowest BCUT2D eigenvalue weighted by Gasteiger charge is -2.28. The van der Waals surface area contributed by atoms with E-state index in [1.165, 1.54) is 0 Å². The Kier molecular flexibility index (Phi) is 8.12. The van der Waals surface area contributed by atoms with Gasteiger partial charge in [0.05, 0.1) is 19.8 Å². The van der Waals surface area contributed by atoms with Gasteiger partial charge in [0, 0.05) is 45.2 Å². The van der Waals surface area contributed by atoms with E-state index in [9.17, 15) is 5.11 Å². The van der Waals surface area contributed by atoms with Crippen LogP contribution in [-0.2, 0) is 9.47 Å². The summed E-state index contributed by atoms with van der Waals surface area (Å²) in [5.74, 6) is 0.705. The molecule has 5 nitrogen and oxygen atoms in total. The van der Waals surface area contributed by atoms with Gasteiger partial charge in [-0.2, -0.15) is 0 Å². The third-order valence-electron chi connectivity index (χ3n) is 3.36. The minimum absolute atomic E-state index is 0.594. The first-order valence-corrected chi connectivity index (χ1v) is 7.23. The fraction of sp³-hybridized carbons (Fsp3) is 0.625. The topological polar surface area (TPSA) is 51.2 Å². The van der Waals surface area contributed by atoms with Gasteiger partial charge in [0.25, 0.3) is 0 Å². The molecule has 0 spiro atoms. The highest BCUT2D eigenvalue weighted by Gasteiger charge is 2.18. The number of aliphatic hydroxyl groups is 1. The van der Waals surface area contributed by atoms with Crippen molar-refractivity contribution in [1.82, 2.24) is 0 Å². The normalized spacial score (nSPS) is 12.2. The van der Waals surface area contributed by atoms with Crippen LogP contribution >= 0.6 is 0 Å². The average molecular weight is 297 g/mol. The van der Waals surface area contributed by atoms with Gasteiger partial charge < -0.3 is 24.2 Å². The lowest BCUT2D eigenvalue weighted by molar-refractivity contribution is 0.188. The molecule has 0 saturated carbocycles. The third-order valence-corrected chi connectivity index (χ3v) is 3.36. The molecule has 0 aliphatic rings. The van der Waals surface area contributed by atoms with Crippen LogP contribution in [0, 0.1) is 0 Å². The lowest BCUT2D eigenvalue weighted by atomic mass is 10.1. The summed E-state index contributed by atoms with van der Waals surface area (Å²) in [5, 5.41) is 10.1. The van der Waals surface area contributed by atoms with Crippen LogP contribution in [0.1, 0.15) is 25.0 Å². The van der Waals surface area contributed by atoms with Crippen LogP contribution in [0.15, 0.2) is 18.2 Å². The summed E-state index contributed by atoms with van der Waals surface area (Å²) in [5.41, 5.74) is 1.80. The molecular weight excluding hydrogens is 270 g/mol. The maximum absolute atomic E-state index is 10.1. The second-order valence-corrected chi connectivity index (χ2v) is 4.90. The standard InChI is InChI=1S/C16H27NO4/c1-13(18)16-14(7-5-8-15(16)21-4)17(10-12-20-3)9-6-11-19-2/h5,7-8,13,18H,6,9-12H2,1-4H3. The summed E-state index contributed by atoms with van der Waals surface area (Å²) in [7, 11) is 5.01. The monoisotopic (exact) mass is 297 g/mol. The first kappa shape index (κ1) is 17.8. The van der Waals surface area contributed by atoms with E-state index in [-0.39, 0.29) is 0 Å². The number of nitrogens with zero attached hydrogens (tertiary/aromatic N) is 1. The van der Waals surface area contributed by atoms with E-state index in [4.69, 9.17) is 14.2 Å². The zero-order valence-electron chi connectivity index (χ0n) is 13.5. The van der Waals surface area contributed by atoms with E-state index >= 15 is 0 Å². The Bertz CT molecular complexity index is 409. The van der Waals surface area contributed by atoms with Crippen molar-refractivity contribution in [3.63, 3.8) is 0 Å². The molecule has 1 unspecified atom stereocenters. The van der Waals surface area contributed by atoms with Crippen molar-refractivity contribution < 1.29 is 19.3 Å². The highest BCUT2D eigenvalue weighted by molar-refractivity contribution is 5.60. The molecule has 0 aliphatic heterocycles. The van der Waals surface area contributed by atoms with Crippen molar-refractivity contribution in [3.8, 4) is 5.75 Å². The molecule has 1 rings (SSSR count). The first-order valence-electron chi connectivity index (χ1n) is 7.23. The van der Waals surface area contributed by atoms with Gasteiger partial charge in [-0.3, -0.25) is 0 Å². The van der Waals surface area contributed by atoms with Crippen molar-refractivity contribution in [2.24, 2.45) is 0 Å². The average Bonchev–Trinajstić information content (AvgIpc) is 2.49. The van der Waals surface area contributed by atoms with Gasteiger partial charge in [0.15, 0.2) is 0 Å². The minimum atomic E-state index is -0.594. The molecule has 120 valence electrons. The molecule has 0 fully saturated rings. The number of methoxy groups -OCH3 is 3. The molecule has 0 saturated heterocycles. The van der Waals surface area contributed by atoms with Gasteiger partial charge in [0.1, 0.15) is 5.75 Å². The summed E-state index contributed by atoms with van der Waals surface area (Å²) < 4.78 is 15.7. The molecule has 5 heteroatoms. The van der Waals surface area contributed by atoms with E-state index in [0.29, 0.717) is 19.0 Å². The predicted octanol–water partition coefficient (Wildman–Crippen LogP) is 2.24. The largest absolute Gasteiger partial charge is 0.496 e. The summed E-state index contributed by atoms with van der Waals surface area (Å²) in [6.45, 7) is 4.68. The maximum Gasteiger partial charge on any atom is 0.126 e. The van der Waals surface area contributed by atoms with Crippen LogP contribution in [-0.4, -0.2) is 52.7 Å². The second kappa shape index (κ2) is 9.60. The van der Waals surface area contributed by atoms with Crippen LogP contribution in [0.5, 0.6) is 5.75 Å². The third kappa shape index (κ3) is 5.19. The molecule has 1 aromatic carbocycles. The van der Waals surface area contributed by atoms with Crippen molar-refractivity contribution in [2.75, 3.05) is 52.5 Å². The van der Waals surface area contributed by atoms with Gasteiger partial charge in [-0.1, -0.05) is 6.07 Å². The van der Waals surface area contributed by atoms with E-state index in [2.05, 4.69) is 4.90 Å². The van der Waals surface area contributed by atoms with Crippen LogP contribution in [0.25, 0.3) is 0 Å². The minimum Gasteiger partial charge on any atom is -0.496 e. The molecule has 1 aromatic rings. The Hall–Kier alpha value is -1.30. The van der Waals surface area contributed by atoms with Crippen LogP contribution in [0.2, 0.25) is 0 Å². The van der Waals surface area contributed by atoms with E-state index < -0.39 is 6.10 Å². The molecule has 21 heavy (non-hydrogen) atoms. The highest BCUT2D eigenvalue weighted by atomic mass is 16.5. The fourth-order valence-corrected chi connectivity index (χ4v) is 2.36. The number of hydrogen-bond donors (Lipinski definition) is 1. The Morgan fingerprint density at radius 3 is 2.38 bits per heavy atom. The van der Waals surface area contributed by atoms with Crippen molar-refractivity contribution in [3.05, 3.63) is 23.8 Å². The van der Waals surface area contributed by atoms with Gasteiger partial charge in [-0.25, -0.2) is 0 Å². The Balaban J connectivity index is 3.03. The fourth-order valence-electron chi connectivity index (χ4n) is 2.36. The van der Waals surface area contributed by atoms with Crippen molar-refractivity contribution in [1.29, 1.82) is 0 Å². The Morgan fingerprint density at radius 1 is 1.10 bits per heavy atom. The lowest BCUT2D eigenvalue weighted by Crippen LogP contribution is -2.30. The smallest absolute Gasteiger partial charge is 0.126 e. The van der Waals surface area contributed by atoms with Gasteiger partial charge in [-0.05, 0) is 25.5 Å². The summed E-state index contributed by atoms with van der Waals surface area (Å²) in [4.78, 5) is 2.20. The van der Waals surface area contributed by atoms with Gasteiger partial charge in [0.2, 0.25) is 0 Å². The number of ether oxygens (including phenoxy) is 3. The molecule has 1 N–H and O–H groups in total. The molecule has 0 radical (unpaired) electrons. The summed E-state index contributed by atoms with van der Waals surface area (Å²) in [6.07, 6.45) is 0.319. The molecule has 0 amide bonds.